The molecule has 0 aliphatic carbocycles. The van der Waals surface area contributed by atoms with Gasteiger partial charge in [-0.15, -0.1) is 0 Å². The number of rotatable bonds is 0. The molecule has 12 N–H and O–H groups in total. The van der Waals surface area contributed by atoms with E-state index in [1.54, 1.807) is 0 Å². The van der Waals surface area contributed by atoms with Crippen molar-refractivity contribution in [2.75, 3.05) is 0 Å². The summed E-state index contributed by atoms with van der Waals surface area (Å²) in [7, 11) is 0. The van der Waals surface area contributed by atoms with Crippen LogP contribution in [0.15, 0.2) is 0 Å². The standard InChI is InChI=1S/Eu.2NO3.6H2O/c;2*2-1(3)4;;;;;;/h;;;6*1H2/q+2;2*-1;;;;;;. The van der Waals surface area contributed by atoms with E-state index in [1.807, 2.05) is 0 Å². The molecule has 1 radical (unpaired) electrons. The third-order valence-corrected chi connectivity index (χ3v) is 0. The molecule has 0 rings (SSSR count). The summed E-state index contributed by atoms with van der Waals surface area (Å²) in [6.07, 6.45) is 0. The molecule has 14 nitrogen and oxygen atoms in total. The van der Waals surface area contributed by atoms with Crippen LogP contribution in [-0.2, 0) is 0 Å². The molecule has 15 heavy (non-hydrogen) atoms. The Kier molecular flexibility index (Phi) is 381. The van der Waals surface area contributed by atoms with Crippen LogP contribution < -0.4 is 0 Å². The van der Waals surface area contributed by atoms with Crippen LogP contribution in [0.1, 0.15) is 0 Å². The Bertz CT molecular complexity index is 71.6. The molecule has 0 atom stereocenters. The Morgan fingerprint density at radius 2 is 0.533 bits per heavy atom. The van der Waals surface area contributed by atoms with Crippen LogP contribution in [0.25, 0.3) is 0 Å². The van der Waals surface area contributed by atoms with Crippen molar-refractivity contribution in [1.29, 1.82) is 0 Å². The Hall–Kier alpha value is -0.256. The molecule has 0 aromatic carbocycles. The minimum Gasteiger partial charge on any atom is -0.412 e. The van der Waals surface area contributed by atoms with E-state index < -0.39 is 10.2 Å². The van der Waals surface area contributed by atoms with Crippen LogP contribution in [0, 0.1) is 80.0 Å². The third kappa shape index (κ3) is 29000. The van der Waals surface area contributed by atoms with Gasteiger partial charge in [-0.05, 0) is 0 Å². The fraction of sp³-hybridized carbons (Fsp3) is 0. The van der Waals surface area contributed by atoms with Crippen molar-refractivity contribution >= 4 is 0 Å². The van der Waals surface area contributed by atoms with Crippen molar-refractivity contribution in [1.82, 2.24) is 0 Å². The summed E-state index contributed by atoms with van der Waals surface area (Å²) in [6, 6.07) is 0. The van der Waals surface area contributed by atoms with E-state index in [4.69, 9.17) is 30.6 Å². The van der Waals surface area contributed by atoms with E-state index in [2.05, 4.69) is 0 Å². The minimum atomic E-state index is -1.75. The molecular weight excluding hydrogens is 372 g/mol. The zero-order valence-corrected chi connectivity index (χ0v) is 9.15. The quantitative estimate of drug-likeness (QED) is 0.289. The molecular formula is H12EuN2O12. The molecule has 0 aliphatic rings. The third-order valence-electron chi connectivity index (χ3n) is 0. The fourth-order valence-electron chi connectivity index (χ4n) is 0. The van der Waals surface area contributed by atoms with Crippen molar-refractivity contribution in [2.45, 2.75) is 0 Å². The van der Waals surface area contributed by atoms with E-state index in [0.717, 1.165) is 0 Å². The van der Waals surface area contributed by atoms with Gasteiger partial charge in [0.1, 0.15) is 0 Å². The van der Waals surface area contributed by atoms with Crippen molar-refractivity contribution < 1.29 is 92.4 Å². The first kappa shape index (κ1) is 84.4. The predicted octanol–water partition coefficient (Wildman–Crippen LogP) is -5.43. The van der Waals surface area contributed by atoms with Gasteiger partial charge in [0.25, 0.3) is 0 Å². The molecule has 0 aromatic heterocycles. The second-order valence-electron chi connectivity index (χ2n) is 0.447. The second kappa shape index (κ2) is 67.7. The Morgan fingerprint density at radius 1 is 0.533 bits per heavy atom. The maximum absolute atomic E-state index is 8.25. The van der Waals surface area contributed by atoms with Crippen LogP contribution in [0.4, 0.5) is 0 Å². The molecule has 0 amide bonds. The monoisotopic (exact) mass is 385 g/mol. The largest absolute Gasteiger partial charge is 2.00 e. The second-order valence-corrected chi connectivity index (χ2v) is 0.447. The van der Waals surface area contributed by atoms with Crippen LogP contribution in [0.3, 0.4) is 0 Å². The van der Waals surface area contributed by atoms with E-state index in [1.165, 1.54) is 0 Å². The van der Waals surface area contributed by atoms with Crippen LogP contribution in [-0.4, -0.2) is 43.0 Å². The topological polar surface area (TPSA) is 321 Å². The molecule has 0 saturated carbocycles. The van der Waals surface area contributed by atoms with E-state index >= 15 is 0 Å². The van der Waals surface area contributed by atoms with Crippen LogP contribution >= 0.6 is 0 Å². The number of hydrogen-bond donors (Lipinski definition) is 0. The molecule has 0 heterocycles. The average molecular weight is 384 g/mol. The van der Waals surface area contributed by atoms with Gasteiger partial charge >= 0.3 is 49.4 Å². The van der Waals surface area contributed by atoms with Gasteiger partial charge < -0.3 is 63.5 Å². The molecule has 0 aromatic rings. The summed E-state index contributed by atoms with van der Waals surface area (Å²) < 4.78 is 0. The molecule has 0 fully saturated rings. The zero-order valence-electron chi connectivity index (χ0n) is 6.72. The molecule has 0 bridgehead atoms. The summed E-state index contributed by atoms with van der Waals surface area (Å²) in [5.41, 5.74) is 0. The van der Waals surface area contributed by atoms with E-state index in [0.29, 0.717) is 0 Å². The van der Waals surface area contributed by atoms with Gasteiger partial charge in [-0.25, -0.2) is 0 Å². The summed E-state index contributed by atoms with van der Waals surface area (Å²) in [4.78, 5) is 16.5. The SMILES string of the molecule is O.O.O.O.O.O.O=[N+]([O-])[O-].O=[N+]([O-])[O-].[Eu+2]. The first-order valence-electron chi connectivity index (χ1n) is 1.10. The van der Waals surface area contributed by atoms with Gasteiger partial charge in [0.2, 0.25) is 0 Å². The molecule has 15 heteroatoms. The van der Waals surface area contributed by atoms with Crippen molar-refractivity contribution in [2.24, 2.45) is 0 Å². The van der Waals surface area contributed by atoms with Gasteiger partial charge in [-0.1, -0.05) is 0 Å². The normalized spacial score (nSPS) is 3.20. The predicted molar refractivity (Wildman–Crippen MR) is 42.4 cm³/mol. The van der Waals surface area contributed by atoms with Crippen molar-refractivity contribution in [3.63, 3.8) is 0 Å². The minimum absolute atomic E-state index is 0. The first-order chi connectivity index (χ1) is 3.46. The Balaban J connectivity index is -0.00000000468. The number of nitrogens with zero attached hydrogens (tertiary/aromatic N) is 2. The van der Waals surface area contributed by atoms with Gasteiger partial charge in [-0.3, -0.25) is 0 Å². The van der Waals surface area contributed by atoms with Crippen molar-refractivity contribution in [3.05, 3.63) is 30.6 Å². The zero-order chi connectivity index (χ0) is 7.15. The summed E-state index contributed by atoms with van der Waals surface area (Å²) in [5.74, 6) is 0. The smallest absolute Gasteiger partial charge is 0.412 e. The summed E-state index contributed by atoms with van der Waals surface area (Å²) in [5, 5.41) is 29.5. The number of hydrogen-bond acceptors (Lipinski definition) is 6. The molecule has 101 valence electrons. The van der Waals surface area contributed by atoms with Crippen LogP contribution in [0.2, 0.25) is 0 Å². The van der Waals surface area contributed by atoms with Gasteiger partial charge in [0.15, 0.2) is 0 Å². The average Bonchev–Trinajstić information content (AvgIpc) is 1.25. The maximum atomic E-state index is 8.25. The van der Waals surface area contributed by atoms with Crippen LogP contribution in [0.5, 0.6) is 0 Å². The fourth-order valence-corrected chi connectivity index (χ4v) is 0. The van der Waals surface area contributed by atoms with Crippen molar-refractivity contribution in [3.8, 4) is 0 Å². The van der Waals surface area contributed by atoms with Gasteiger partial charge in [-0.2, -0.15) is 0 Å². The van der Waals surface area contributed by atoms with Gasteiger partial charge in [0.05, 0.1) is 10.2 Å². The first-order valence-corrected chi connectivity index (χ1v) is 1.10. The molecule has 0 spiro atoms. The van der Waals surface area contributed by atoms with Gasteiger partial charge in [0, 0.05) is 0 Å². The van der Waals surface area contributed by atoms with E-state index in [-0.39, 0.29) is 82.2 Å². The molecule has 0 unspecified atom stereocenters. The Morgan fingerprint density at radius 3 is 0.533 bits per heavy atom. The Labute approximate surface area is 122 Å². The maximum Gasteiger partial charge on any atom is 2.00 e. The summed E-state index contributed by atoms with van der Waals surface area (Å²) in [6.45, 7) is 0. The van der Waals surface area contributed by atoms with E-state index in [9.17, 15) is 0 Å². The molecule has 0 aliphatic heterocycles. The molecule has 0 saturated heterocycles. The summed E-state index contributed by atoms with van der Waals surface area (Å²) >= 11 is 0.